The molecule has 220 valence electrons. The van der Waals surface area contributed by atoms with Gasteiger partial charge in [0, 0.05) is 11.6 Å². The summed E-state index contributed by atoms with van der Waals surface area (Å²) in [6.07, 6.45) is 5.71. The van der Waals surface area contributed by atoms with E-state index in [-0.39, 0.29) is 23.8 Å². The van der Waals surface area contributed by atoms with Crippen LogP contribution in [0.15, 0.2) is 72.1 Å². The molecule has 9 nitrogen and oxygen atoms in total. The van der Waals surface area contributed by atoms with Crippen molar-refractivity contribution < 1.29 is 33.2 Å². The van der Waals surface area contributed by atoms with Gasteiger partial charge in [0.1, 0.15) is 34.6 Å². The summed E-state index contributed by atoms with van der Waals surface area (Å²) in [7, 11) is 3.15. The van der Waals surface area contributed by atoms with Gasteiger partial charge in [0.2, 0.25) is 5.88 Å². The molecular formula is C33H36N2O7. The molecule has 1 heterocycles. The maximum absolute atomic E-state index is 12.5. The zero-order valence-corrected chi connectivity index (χ0v) is 24.2. The van der Waals surface area contributed by atoms with Crippen LogP contribution in [0.3, 0.4) is 0 Å². The van der Waals surface area contributed by atoms with E-state index >= 15 is 0 Å². The minimum atomic E-state index is -0.593. The van der Waals surface area contributed by atoms with E-state index < -0.39 is 11.9 Å². The first-order valence-corrected chi connectivity index (χ1v) is 14.0. The average Bonchev–Trinajstić information content (AvgIpc) is 3.01. The van der Waals surface area contributed by atoms with Crippen molar-refractivity contribution in [2.75, 3.05) is 27.4 Å². The van der Waals surface area contributed by atoms with Gasteiger partial charge in [0.05, 0.1) is 26.7 Å². The predicted octanol–water partition coefficient (Wildman–Crippen LogP) is 6.26. The van der Waals surface area contributed by atoms with Crippen molar-refractivity contribution in [2.24, 2.45) is 5.73 Å². The molecule has 0 aromatic heterocycles. The van der Waals surface area contributed by atoms with E-state index in [0.29, 0.717) is 40.9 Å². The molecule has 0 fully saturated rings. The number of allylic oxidation sites excluding steroid dienone is 1. The molecule has 42 heavy (non-hydrogen) atoms. The third-order valence-corrected chi connectivity index (χ3v) is 6.86. The molecule has 0 radical (unpaired) electrons. The van der Waals surface area contributed by atoms with Crippen molar-refractivity contribution in [3.63, 3.8) is 0 Å². The Bertz CT molecular complexity index is 1440. The second kappa shape index (κ2) is 14.7. The predicted molar refractivity (Wildman–Crippen MR) is 157 cm³/mol. The Morgan fingerprint density at radius 1 is 0.881 bits per heavy atom. The Kier molecular flexibility index (Phi) is 10.5. The molecule has 0 bridgehead atoms. The van der Waals surface area contributed by atoms with Crippen molar-refractivity contribution >= 4 is 5.97 Å². The molecular weight excluding hydrogens is 536 g/mol. The van der Waals surface area contributed by atoms with E-state index in [2.05, 4.69) is 13.0 Å². The summed E-state index contributed by atoms with van der Waals surface area (Å²) < 4.78 is 33.5. The number of nitrogens with zero attached hydrogens (tertiary/aromatic N) is 1. The number of fused-ring (bicyclic) bond motifs is 1. The zero-order valence-electron chi connectivity index (χ0n) is 24.2. The van der Waals surface area contributed by atoms with E-state index in [1.54, 1.807) is 56.7 Å². The van der Waals surface area contributed by atoms with Crippen LogP contribution in [-0.2, 0) is 4.79 Å². The number of hydrogen-bond donors (Lipinski definition) is 1. The van der Waals surface area contributed by atoms with Gasteiger partial charge < -0.3 is 34.2 Å². The molecule has 1 aliphatic heterocycles. The number of carbonyl (C=O) groups excluding carboxylic acids is 1. The van der Waals surface area contributed by atoms with Gasteiger partial charge in [-0.25, -0.2) is 4.79 Å². The van der Waals surface area contributed by atoms with Crippen molar-refractivity contribution in [2.45, 2.75) is 44.9 Å². The van der Waals surface area contributed by atoms with Gasteiger partial charge in [-0.3, -0.25) is 0 Å². The minimum Gasteiger partial charge on any atom is -0.497 e. The van der Waals surface area contributed by atoms with Crippen molar-refractivity contribution in [3.05, 3.63) is 83.2 Å². The van der Waals surface area contributed by atoms with Crippen LogP contribution in [0.4, 0.5) is 0 Å². The van der Waals surface area contributed by atoms with Gasteiger partial charge in [-0.05, 0) is 54.4 Å². The lowest BCUT2D eigenvalue weighted by atomic mass is 9.83. The van der Waals surface area contributed by atoms with Gasteiger partial charge >= 0.3 is 5.97 Å². The lowest BCUT2D eigenvalue weighted by Crippen LogP contribution is -2.22. The van der Waals surface area contributed by atoms with Gasteiger partial charge in [0.15, 0.2) is 18.1 Å². The van der Waals surface area contributed by atoms with Crippen molar-refractivity contribution in [1.29, 1.82) is 5.26 Å². The van der Waals surface area contributed by atoms with Crippen LogP contribution in [0.5, 0.6) is 34.5 Å². The largest absolute Gasteiger partial charge is 0.497 e. The molecule has 0 aliphatic carbocycles. The Morgan fingerprint density at radius 2 is 1.62 bits per heavy atom. The van der Waals surface area contributed by atoms with Gasteiger partial charge in [-0.15, -0.1) is 0 Å². The number of ether oxygens (including phenoxy) is 6. The van der Waals surface area contributed by atoms with Crippen LogP contribution in [0.2, 0.25) is 0 Å². The number of nitriles is 1. The number of carbonyl (C=O) groups is 1. The zero-order chi connectivity index (χ0) is 29.9. The standard InChI is InChI=1S/C33H36N2O7/c1-4-5-6-7-8-17-39-28-16-9-22(18-30(28)38-3)32-26-15-14-25(19-29(26)42-33(35)27(32)20-34)41-31(36)21-40-24-12-10-23(37-2)11-13-24/h9-16,18-19,32H,4-8,17,21,35H2,1-3H3. The monoisotopic (exact) mass is 572 g/mol. The number of hydrogen-bond acceptors (Lipinski definition) is 9. The lowest BCUT2D eigenvalue weighted by Gasteiger charge is -2.27. The van der Waals surface area contributed by atoms with Gasteiger partial charge in [-0.2, -0.15) is 5.26 Å². The fourth-order valence-electron chi connectivity index (χ4n) is 4.69. The second-order valence-electron chi connectivity index (χ2n) is 9.74. The Balaban J connectivity index is 1.48. The highest BCUT2D eigenvalue weighted by Gasteiger charge is 2.31. The van der Waals surface area contributed by atoms with E-state index in [0.717, 1.165) is 18.4 Å². The molecule has 0 saturated carbocycles. The fraction of sp³-hybridized carbons (Fsp3) is 0.333. The molecule has 1 atom stereocenters. The SMILES string of the molecule is CCCCCCCOc1ccc(C2C(C#N)=C(N)Oc3cc(OC(=O)COc4ccc(OC)cc4)ccc32)cc1OC. The fourth-order valence-corrected chi connectivity index (χ4v) is 4.69. The minimum absolute atomic E-state index is 0.0207. The first-order chi connectivity index (χ1) is 20.5. The van der Waals surface area contributed by atoms with Crippen LogP contribution in [0.1, 0.15) is 56.1 Å². The number of benzene rings is 3. The highest BCUT2D eigenvalue weighted by molar-refractivity contribution is 5.74. The molecule has 9 heteroatoms. The molecule has 3 aromatic carbocycles. The smallest absolute Gasteiger partial charge is 0.349 e. The molecule has 4 rings (SSSR count). The van der Waals surface area contributed by atoms with Crippen LogP contribution < -0.4 is 34.2 Å². The summed E-state index contributed by atoms with van der Waals surface area (Å²) in [5.41, 5.74) is 7.92. The summed E-state index contributed by atoms with van der Waals surface area (Å²) in [4.78, 5) is 12.5. The summed E-state index contributed by atoms with van der Waals surface area (Å²) >= 11 is 0. The summed E-state index contributed by atoms with van der Waals surface area (Å²) in [6.45, 7) is 2.50. The Hall–Kier alpha value is -4.84. The number of unbranched alkanes of at least 4 members (excludes halogenated alkanes) is 4. The third kappa shape index (κ3) is 7.46. The molecule has 2 N–H and O–H groups in total. The van der Waals surface area contributed by atoms with Crippen molar-refractivity contribution in [1.82, 2.24) is 0 Å². The quantitative estimate of drug-likeness (QED) is 0.136. The molecule has 3 aromatic rings. The van der Waals surface area contributed by atoms with E-state index in [1.165, 1.54) is 19.3 Å². The molecule has 1 aliphatic rings. The molecule has 0 saturated heterocycles. The van der Waals surface area contributed by atoms with Gasteiger partial charge in [-0.1, -0.05) is 44.7 Å². The first-order valence-electron chi connectivity index (χ1n) is 14.0. The van der Waals surface area contributed by atoms with Crippen LogP contribution in [0.25, 0.3) is 0 Å². The molecule has 0 amide bonds. The maximum Gasteiger partial charge on any atom is 0.349 e. The normalized spacial score (nSPS) is 13.8. The van der Waals surface area contributed by atoms with Crippen LogP contribution in [-0.4, -0.2) is 33.4 Å². The molecule has 0 spiro atoms. The van der Waals surface area contributed by atoms with Gasteiger partial charge in [0.25, 0.3) is 0 Å². The Morgan fingerprint density at radius 3 is 2.33 bits per heavy atom. The third-order valence-electron chi connectivity index (χ3n) is 6.86. The summed E-state index contributed by atoms with van der Waals surface area (Å²) in [6, 6.07) is 19.6. The second-order valence-corrected chi connectivity index (χ2v) is 9.74. The first kappa shape index (κ1) is 30.1. The summed E-state index contributed by atoms with van der Waals surface area (Å²) in [5.74, 6) is 1.89. The lowest BCUT2D eigenvalue weighted by molar-refractivity contribution is -0.136. The van der Waals surface area contributed by atoms with Crippen LogP contribution in [0, 0.1) is 11.3 Å². The van der Waals surface area contributed by atoms with Crippen LogP contribution >= 0.6 is 0 Å². The maximum atomic E-state index is 12.5. The Labute approximate surface area is 246 Å². The number of methoxy groups -OCH3 is 2. The number of rotatable bonds is 14. The van der Waals surface area contributed by atoms with Crippen molar-refractivity contribution in [3.8, 4) is 40.6 Å². The van der Waals surface area contributed by atoms with E-state index in [4.69, 9.17) is 34.2 Å². The summed E-state index contributed by atoms with van der Waals surface area (Å²) in [5, 5.41) is 9.95. The van der Waals surface area contributed by atoms with E-state index in [9.17, 15) is 10.1 Å². The molecule has 1 unspecified atom stereocenters. The highest BCUT2D eigenvalue weighted by atomic mass is 16.6. The number of esters is 1. The number of nitrogens with two attached hydrogens (primary N) is 1. The van der Waals surface area contributed by atoms with E-state index in [1.807, 2.05) is 18.2 Å². The highest BCUT2D eigenvalue weighted by Crippen LogP contribution is 2.45. The average molecular weight is 573 g/mol. The topological polar surface area (TPSA) is 122 Å².